The first-order valence-electron chi connectivity index (χ1n) is 7.16. The van der Waals surface area contributed by atoms with Gasteiger partial charge in [0.2, 0.25) is 5.13 Å². The minimum Gasteiger partial charge on any atom is -0.486 e. The number of benzene rings is 1. The molecule has 0 atom stereocenters. The van der Waals surface area contributed by atoms with E-state index >= 15 is 0 Å². The molecule has 4 nitrogen and oxygen atoms in total. The summed E-state index contributed by atoms with van der Waals surface area (Å²) in [6, 6.07) is 6.45. The number of aromatic nitrogens is 2. The van der Waals surface area contributed by atoms with E-state index in [2.05, 4.69) is 33.7 Å². The highest BCUT2D eigenvalue weighted by Crippen LogP contribution is 2.26. The molecule has 0 spiro atoms. The predicted molar refractivity (Wildman–Crippen MR) is 81.5 cm³/mol. The highest BCUT2D eigenvalue weighted by molar-refractivity contribution is 7.15. The molecule has 0 amide bonds. The van der Waals surface area contributed by atoms with Crippen LogP contribution in [0.2, 0.25) is 0 Å². The zero-order valence-electron chi connectivity index (χ0n) is 11.7. The number of nitrogens with one attached hydrogen (secondary N) is 1. The smallest absolute Gasteiger partial charge is 0.205 e. The maximum absolute atomic E-state index is 5.83. The largest absolute Gasteiger partial charge is 0.486 e. The number of anilines is 1. The van der Waals surface area contributed by atoms with Crippen molar-refractivity contribution < 1.29 is 4.74 Å². The van der Waals surface area contributed by atoms with Gasteiger partial charge in [-0.05, 0) is 55.9 Å². The van der Waals surface area contributed by atoms with Gasteiger partial charge in [-0.3, -0.25) is 0 Å². The lowest BCUT2D eigenvalue weighted by Gasteiger charge is -2.16. The number of hydrogen-bond donors (Lipinski definition) is 1. The molecule has 1 aliphatic rings. The van der Waals surface area contributed by atoms with Gasteiger partial charge in [-0.25, -0.2) is 0 Å². The van der Waals surface area contributed by atoms with E-state index in [-0.39, 0.29) is 0 Å². The van der Waals surface area contributed by atoms with Gasteiger partial charge in [0.1, 0.15) is 12.4 Å². The fourth-order valence-corrected chi connectivity index (χ4v) is 3.20. The van der Waals surface area contributed by atoms with Crippen molar-refractivity contribution in [3.63, 3.8) is 0 Å². The van der Waals surface area contributed by atoms with Gasteiger partial charge in [-0.15, -0.1) is 10.2 Å². The Morgan fingerprint density at radius 1 is 1.20 bits per heavy atom. The molecule has 1 N–H and O–H groups in total. The number of nitrogens with zero attached hydrogens (tertiary/aromatic N) is 2. The van der Waals surface area contributed by atoms with Crippen LogP contribution in [0.25, 0.3) is 0 Å². The van der Waals surface area contributed by atoms with Crippen molar-refractivity contribution in [1.29, 1.82) is 0 Å². The third-order valence-electron chi connectivity index (χ3n) is 3.48. The molecule has 1 aromatic carbocycles. The summed E-state index contributed by atoms with van der Waals surface area (Å²) in [5.74, 6) is 0.936. The minimum atomic E-state index is 0.488. The molecule has 0 fully saturated rings. The van der Waals surface area contributed by atoms with Gasteiger partial charge in [-0.1, -0.05) is 17.4 Å². The van der Waals surface area contributed by atoms with E-state index in [9.17, 15) is 0 Å². The second-order valence-electron chi connectivity index (χ2n) is 4.96. The Morgan fingerprint density at radius 3 is 2.90 bits per heavy atom. The maximum atomic E-state index is 5.83. The average molecular weight is 289 g/mol. The van der Waals surface area contributed by atoms with Crippen molar-refractivity contribution in [2.24, 2.45) is 0 Å². The number of hydrogen-bond acceptors (Lipinski definition) is 5. The molecule has 0 aliphatic heterocycles. The van der Waals surface area contributed by atoms with Crippen LogP contribution >= 0.6 is 11.3 Å². The van der Waals surface area contributed by atoms with Crippen LogP contribution < -0.4 is 10.1 Å². The van der Waals surface area contributed by atoms with Crippen LogP contribution in [0.5, 0.6) is 5.75 Å². The molecule has 1 aliphatic carbocycles. The summed E-state index contributed by atoms with van der Waals surface area (Å²) in [4.78, 5) is 0. The van der Waals surface area contributed by atoms with Crippen LogP contribution in [0.15, 0.2) is 18.2 Å². The van der Waals surface area contributed by atoms with Crippen LogP contribution in [0.3, 0.4) is 0 Å². The monoisotopic (exact) mass is 289 g/mol. The van der Waals surface area contributed by atoms with E-state index < -0.39 is 0 Å². The van der Waals surface area contributed by atoms with E-state index in [1.54, 1.807) is 11.3 Å². The van der Waals surface area contributed by atoms with E-state index in [0.29, 0.717) is 6.61 Å². The van der Waals surface area contributed by atoms with Crippen molar-refractivity contribution in [1.82, 2.24) is 10.2 Å². The van der Waals surface area contributed by atoms with Crippen LogP contribution in [0.1, 0.15) is 35.9 Å². The molecule has 0 radical (unpaired) electrons. The fraction of sp³-hybridized carbons (Fsp3) is 0.467. The Morgan fingerprint density at radius 2 is 2.05 bits per heavy atom. The summed E-state index contributed by atoms with van der Waals surface area (Å²) in [5.41, 5.74) is 2.92. The van der Waals surface area contributed by atoms with Crippen LogP contribution in [-0.2, 0) is 19.4 Å². The number of fused-ring (bicyclic) bond motifs is 1. The van der Waals surface area contributed by atoms with Gasteiger partial charge in [0.15, 0.2) is 5.01 Å². The van der Waals surface area contributed by atoms with Crippen LogP contribution in [-0.4, -0.2) is 16.7 Å². The summed E-state index contributed by atoms with van der Waals surface area (Å²) in [6.45, 7) is 3.40. The normalized spacial score (nSPS) is 13.8. The molecule has 106 valence electrons. The van der Waals surface area contributed by atoms with Gasteiger partial charge < -0.3 is 10.1 Å². The molecule has 5 heteroatoms. The van der Waals surface area contributed by atoms with Crippen LogP contribution in [0, 0.1) is 0 Å². The average Bonchev–Trinajstić information content (AvgIpc) is 2.93. The molecule has 0 unspecified atom stereocenters. The Balaban J connectivity index is 1.62. The lowest BCUT2D eigenvalue weighted by atomic mass is 9.92. The van der Waals surface area contributed by atoms with E-state index in [4.69, 9.17) is 4.74 Å². The topological polar surface area (TPSA) is 47.0 Å². The van der Waals surface area contributed by atoms with Crippen molar-refractivity contribution in [2.75, 3.05) is 11.9 Å². The zero-order valence-corrected chi connectivity index (χ0v) is 12.5. The lowest BCUT2D eigenvalue weighted by molar-refractivity contribution is 0.304. The SMILES string of the molecule is CCNc1nnc(COc2ccc3c(c2)CCCC3)s1. The molecule has 1 aromatic heterocycles. The van der Waals surface area contributed by atoms with Crippen LogP contribution in [0.4, 0.5) is 5.13 Å². The van der Waals surface area contributed by atoms with Gasteiger partial charge in [0.25, 0.3) is 0 Å². The molecular formula is C15H19N3OS. The van der Waals surface area contributed by atoms with Gasteiger partial charge in [-0.2, -0.15) is 0 Å². The number of rotatable bonds is 5. The molecule has 0 saturated carbocycles. The van der Waals surface area contributed by atoms with E-state index in [1.807, 2.05) is 6.92 Å². The second kappa shape index (κ2) is 6.22. The molecule has 0 bridgehead atoms. The maximum Gasteiger partial charge on any atom is 0.205 e. The summed E-state index contributed by atoms with van der Waals surface area (Å²) < 4.78 is 5.83. The molecule has 0 saturated heterocycles. The molecular weight excluding hydrogens is 270 g/mol. The summed E-state index contributed by atoms with van der Waals surface area (Å²) in [7, 11) is 0. The van der Waals surface area contributed by atoms with Crippen molar-refractivity contribution >= 4 is 16.5 Å². The second-order valence-corrected chi connectivity index (χ2v) is 6.02. The number of ether oxygens (including phenoxy) is 1. The Labute approximate surface area is 123 Å². The van der Waals surface area contributed by atoms with Gasteiger partial charge in [0.05, 0.1) is 0 Å². The first kappa shape index (κ1) is 13.4. The molecule has 2 aromatic rings. The summed E-state index contributed by atoms with van der Waals surface area (Å²) in [5, 5.41) is 13.1. The quantitative estimate of drug-likeness (QED) is 0.916. The van der Waals surface area contributed by atoms with Crippen molar-refractivity contribution in [3.8, 4) is 5.75 Å². The minimum absolute atomic E-state index is 0.488. The third kappa shape index (κ3) is 3.10. The van der Waals surface area contributed by atoms with E-state index in [1.165, 1.54) is 36.8 Å². The predicted octanol–water partition coefficient (Wildman–Crippen LogP) is 3.43. The molecule has 1 heterocycles. The fourth-order valence-electron chi connectivity index (χ4n) is 2.48. The Kier molecular flexibility index (Phi) is 4.16. The third-order valence-corrected chi connectivity index (χ3v) is 4.33. The van der Waals surface area contributed by atoms with Crippen molar-refractivity contribution in [3.05, 3.63) is 34.3 Å². The lowest BCUT2D eigenvalue weighted by Crippen LogP contribution is -2.03. The first-order chi connectivity index (χ1) is 9.85. The highest BCUT2D eigenvalue weighted by Gasteiger charge is 2.10. The molecule has 20 heavy (non-hydrogen) atoms. The summed E-state index contributed by atoms with van der Waals surface area (Å²) in [6.07, 6.45) is 4.98. The standard InChI is InChI=1S/C15H19N3OS/c1-2-16-15-18-17-14(20-15)10-19-13-8-7-11-5-3-4-6-12(11)9-13/h7-9H,2-6,10H2,1H3,(H,16,18). The Bertz CT molecular complexity index is 582. The zero-order chi connectivity index (χ0) is 13.8. The number of aryl methyl sites for hydroxylation is 2. The molecule has 3 rings (SSSR count). The van der Waals surface area contributed by atoms with E-state index in [0.717, 1.165) is 22.4 Å². The summed E-state index contributed by atoms with van der Waals surface area (Å²) >= 11 is 1.55. The van der Waals surface area contributed by atoms with Gasteiger partial charge in [0, 0.05) is 6.54 Å². The Hall–Kier alpha value is -1.62. The van der Waals surface area contributed by atoms with Gasteiger partial charge >= 0.3 is 0 Å². The van der Waals surface area contributed by atoms with Crippen molar-refractivity contribution in [2.45, 2.75) is 39.2 Å². The first-order valence-corrected chi connectivity index (χ1v) is 7.97. The highest BCUT2D eigenvalue weighted by atomic mass is 32.1.